The summed E-state index contributed by atoms with van der Waals surface area (Å²) in [5, 5.41) is 7.33. The molecule has 0 saturated carbocycles. The molecule has 0 aromatic heterocycles. The molecule has 0 unspecified atom stereocenters. The number of thioether (sulfide) groups is 1. The molecule has 92 valence electrons. The van der Waals surface area contributed by atoms with Gasteiger partial charge in [-0.05, 0) is 24.6 Å². The van der Waals surface area contributed by atoms with Gasteiger partial charge in [-0.25, -0.2) is 0 Å². The lowest BCUT2D eigenvalue weighted by Crippen LogP contribution is -2.10. The van der Waals surface area contributed by atoms with Crippen molar-refractivity contribution >= 4 is 17.6 Å². The highest BCUT2D eigenvalue weighted by atomic mass is 32.2. The molecule has 2 aromatic rings. The molecule has 0 heterocycles. The van der Waals surface area contributed by atoms with E-state index in [9.17, 15) is 0 Å². The van der Waals surface area contributed by atoms with E-state index in [0.717, 1.165) is 11.3 Å². The Kier molecular flexibility index (Phi) is 4.05. The number of hydrogen-bond donors (Lipinski definition) is 2. The quantitative estimate of drug-likeness (QED) is 0.499. The molecular weight excluding hydrogens is 240 g/mol. The minimum absolute atomic E-state index is 0.118. The Labute approximate surface area is 112 Å². The lowest BCUT2D eigenvalue weighted by molar-refractivity contribution is 1.34. The van der Waals surface area contributed by atoms with Gasteiger partial charge in [0.1, 0.15) is 5.84 Å². The van der Waals surface area contributed by atoms with Crippen LogP contribution in [0, 0.1) is 12.3 Å². The first-order valence-corrected chi connectivity index (χ1v) is 6.76. The molecule has 0 bridgehead atoms. The minimum Gasteiger partial charge on any atom is -0.384 e. The highest BCUT2D eigenvalue weighted by Gasteiger charge is 1.99. The van der Waals surface area contributed by atoms with Gasteiger partial charge in [0, 0.05) is 16.2 Å². The fraction of sp³-hybridized carbons (Fsp3) is 0.133. The van der Waals surface area contributed by atoms with Gasteiger partial charge in [0.25, 0.3) is 0 Å². The number of nitrogen functional groups attached to an aromatic ring is 1. The van der Waals surface area contributed by atoms with E-state index in [1.165, 1.54) is 16.0 Å². The third-order valence-corrected chi connectivity index (χ3v) is 3.77. The maximum Gasteiger partial charge on any atom is 0.122 e. The molecule has 18 heavy (non-hydrogen) atoms. The third kappa shape index (κ3) is 3.37. The molecule has 2 rings (SSSR count). The number of amidine groups is 1. The first kappa shape index (κ1) is 12.7. The summed E-state index contributed by atoms with van der Waals surface area (Å²) >= 11 is 1.81. The zero-order valence-electron chi connectivity index (χ0n) is 10.3. The number of hydrogen-bond acceptors (Lipinski definition) is 2. The molecule has 0 aliphatic carbocycles. The summed E-state index contributed by atoms with van der Waals surface area (Å²) < 4.78 is 0. The van der Waals surface area contributed by atoms with Crippen LogP contribution in [0.2, 0.25) is 0 Å². The normalized spacial score (nSPS) is 10.3. The van der Waals surface area contributed by atoms with Gasteiger partial charge >= 0.3 is 0 Å². The van der Waals surface area contributed by atoms with Crippen LogP contribution in [0.15, 0.2) is 53.4 Å². The monoisotopic (exact) mass is 256 g/mol. The minimum atomic E-state index is 0.118. The zero-order valence-corrected chi connectivity index (χ0v) is 11.1. The molecule has 0 fully saturated rings. The van der Waals surface area contributed by atoms with Crippen LogP contribution >= 0.6 is 11.8 Å². The Bertz CT molecular complexity index is 529. The summed E-state index contributed by atoms with van der Waals surface area (Å²) in [5.41, 5.74) is 8.72. The maximum absolute atomic E-state index is 7.33. The molecule has 3 N–H and O–H groups in total. The summed E-state index contributed by atoms with van der Waals surface area (Å²) in [7, 11) is 0. The molecule has 0 amide bonds. The molecular formula is C15H16N2S. The predicted octanol–water partition coefficient (Wildman–Crippen LogP) is 3.57. The van der Waals surface area contributed by atoms with Crippen LogP contribution in [0.4, 0.5) is 0 Å². The molecule has 0 spiro atoms. The average Bonchev–Trinajstić information content (AvgIpc) is 2.38. The summed E-state index contributed by atoms with van der Waals surface area (Å²) in [5.74, 6) is 1.05. The zero-order chi connectivity index (χ0) is 13.0. The first-order valence-electron chi connectivity index (χ1n) is 5.78. The van der Waals surface area contributed by atoms with Crippen LogP contribution in [-0.4, -0.2) is 5.84 Å². The van der Waals surface area contributed by atoms with Crippen LogP contribution in [-0.2, 0) is 5.75 Å². The number of nitrogens with one attached hydrogen (secondary N) is 1. The van der Waals surface area contributed by atoms with Crippen LogP contribution in [0.25, 0.3) is 0 Å². The van der Waals surface area contributed by atoms with Gasteiger partial charge in [0.2, 0.25) is 0 Å². The maximum atomic E-state index is 7.33. The molecule has 0 aliphatic heterocycles. The van der Waals surface area contributed by atoms with Crippen molar-refractivity contribution in [1.82, 2.24) is 0 Å². The predicted molar refractivity (Wildman–Crippen MR) is 78.2 cm³/mol. The Morgan fingerprint density at radius 2 is 1.67 bits per heavy atom. The summed E-state index contributed by atoms with van der Waals surface area (Å²) in [4.78, 5) is 1.27. The van der Waals surface area contributed by atoms with E-state index < -0.39 is 0 Å². The van der Waals surface area contributed by atoms with Crippen molar-refractivity contribution in [3.8, 4) is 0 Å². The van der Waals surface area contributed by atoms with E-state index in [1.54, 1.807) is 0 Å². The fourth-order valence-electron chi connectivity index (χ4n) is 1.58. The van der Waals surface area contributed by atoms with Crippen LogP contribution in [0.1, 0.15) is 16.7 Å². The van der Waals surface area contributed by atoms with E-state index in [1.807, 2.05) is 36.0 Å². The van der Waals surface area contributed by atoms with Crippen molar-refractivity contribution in [2.24, 2.45) is 5.73 Å². The van der Waals surface area contributed by atoms with Gasteiger partial charge in [-0.2, -0.15) is 0 Å². The van der Waals surface area contributed by atoms with Crippen LogP contribution < -0.4 is 5.73 Å². The lowest BCUT2D eigenvalue weighted by Gasteiger charge is -2.04. The summed E-state index contributed by atoms with van der Waals surface area (Å²) in [6.07, 6.45) is 0. The molecule has 0 aliphatic rings. The molecule has 2 aromatic carbocycles. The largest absolute Gasteiger partial charge is 0.384 e. The van der Waals surface area contributed by atoms with Gasteiger partial charge in [-0.3, -0.25) is 5.41 Å². The first-order chi connectivity index (χ1) is 8.65. The molecule has 2 nitrogen and oxygen atoms in total. The van der Waals surface area contributed by atoms with Crippen molar-refractivity contribution in [2.75, 3.05) is 0 Å². The number of nitrogens with two attached hydrogens (primary N) is 1. The third-order valence-electron chi connectivity index (χ3n) is 2.69. The van der Waals surface area contributed by atoms with E-state index in [0.29, 0.717) is 0 Å². The van der Waals surface area contributed by atoms with Crippen LogP contribution in [0.5, 0.6) is 0 Å². The Morgan fingerprint density at radius 3 is 2.22 bits per heavy atom. The highest BCUT2D eigenvalue weighted by molar-refractivity contribution is 7.98. The Hall–Kier alpha value is -1.74. The van der Waals surface area contributed by atoms with Crippen molar-refractivity contribution in [3.05, 3.63) is 65.2 Å². The summed E-state index contributed by atoms with van der Waals surface area (Å²) in [6.45, 7) is 2.09. The standard InChI is InChI=1S/C15H16N2S/c1-11-2-8-14(9-3-11)18-10-12-4-6-13(7-5-12)15(16)17/h2-9H,10H2,1H3,(H3,16,17). The average molecular weight is 256 g/mol. The number of rotatable bonds is 4. The number of benzene rings is 2. The molecule has 0 atom stereocenters. The molecule has 3 heteroatoms. The topological polar surface area (TPSA) is 49.9 Å². The number of aryl methyl sites for hydroxylation is 1. The Morgan fingerprint density at radius 1 is 1.06 bits per heavy atom. The van der Waals surface area contributed by atoms with E-state index in [4.69, 9.17) is 11.1 Å². The van der Waals surface area contributed by atoms with Gasteiger partial charge in [0.05, 0.1) is 0 Å². The highest BCUT2D eigenvalue weighted by Crippen LogP contribution is 2.23. The van der Waals surface area contributed by atoms with Gasteiger partial charge in [-0.15, -0.1) is 11.8 Å². The van der Waals surface area contributed by atoms with Crippen molar-refractivity contribution in [2.45, 2.75) is 17.6 Å². The Balaban J connectivity index is 1.97. The second kappa shape index (κ2) is 5.74. The van der Waals surface area contributed by atoms with Crippen molar-refractivity contribution in [3.63, 3.8) is 0 Å². The molecule has 0 radical (unpaired) electrons. The fourth-order valence-corrected chi connectivity index (χ4v) is 2.44. The van der Waals surface area contributed by atoms with Gasteiger partial charge < -0.3 is 5.73 Å². The smallest absolute Gasteiger partial charge is 0.122 e. The summed E-state index contributed by atoms with van der Waals surface area (Å²) in [6, 6.07) is 16.4. The van der Waals surface area contributed by atoms with Crippen molar-refractivity contribution < 1.29 is 0 Å². The molecule has 0 saturated heterocycles. The second-order valence-corrected chi connectivity index (χ2v) is 5.26. The van der Waals surface area contributed by atoms with E-state index in [2.05, 4.69) is 31.2 Å². The lowest BCUT2D eigenvalue weighted by atomic mass is 10.1. The second-order valence-electron chi connectivity index (χ2n) is 4.21. The van der Waals surface area contributed by atoms with Gasteiger partial charge in [0.15, 0.2) is 0 Å². The SMILES string of the molecule is Cc1ccc(SCc2ccc(C(=N)N)cc2)cc1. The van der Waals surface area contributed by atoms with Crippen LogP contribution in [0.3, 0.4) is 0 Å². The van der Waals surface area contributed by atoms with Crippen molar-refractivity contribution in [1.29, 1.82) is 5.41 Å². The van der Waals surface area contributed by atoms with E-state index in [-0.39, 0.29) is 5.84 Å². The van der Waals surface area contributed by atoms with E-state index >= 15 is 0 Å². The van der Waals surface area contributed by atoms with Gasteiger partial charge in [-0.1, -0.05) is 42.0 Å².